The zero-order chi connectivity index (χ0) is 12.3. The molecule has 1 unspecified atom stereocenters. The fraction of sp³-hybridized carbons (Fsp3) is 0.250. The molecule has 2 rings (SSSR count). The predicted molar refractivity (Wildman–Crippen MR) is 78.4 cm³/mol. The molecule has 1 heterocycles. The molecule has 0 spiro atoms. The number of benzene rings is 1. The lowest BCUT2D eigenvalue weighted by atomic mass is 10.3. The first-order valence-corrected chi connectivity index (χ1v) is 7.89. The van der Waals surface area contributed by atoms with E-state index in [4.69, 9.17) is 5.73 Å². The van der Waals surface area contributed by atoms with Gasteiger partial charge >= 0.3 is 0 Å². The van der Waals surface area contributed by atoms with Gasteiger partial charge in [-0.1, -0.05) is 15.9 Å². The first-order chi connectivity index (χ1) is 8.15. The van der Waals surface area contributed by atoms with Crippen molar-refractivity contribution in [3.05, 3.63) is 44.8 Å². The third-order valence-corrected chi connectivity index (χ3v) is 4.81. The van der Waals surface area contributed by atoms with Crippen molar-refractivity contribution >= 4 is 39.0 Å². The Labute approximate surface area is 118 Å². The van der Waals surface area contributed by atoms with Crippen LogP contribution in [0.25, 0.3) is 0 Å². The van der Waals surface area contributed by atoms with Crippen LogP contribution < -0.4 is 5.73 Å². The second-order valence-electron chi connectivity index (χ2n) is 3.70. The molecule has 0 fully saturated rings. The summed E-state index contributed by atoms with van der Waals surface area (Å²) in [5, 5.41) is 3.17. The van der Waals surface area contributed by atoms with Crippen LogP contribution in [-0.4, -0.2) is 4.98 Å². The Morgan fingerprint density at radius 1 is 1.41 bits per heavy atom. The van der Waals surface area contributed by atoms with Crippen molar-refractivity contribution < 1.29 is 0 Å². The average molecular weight is 329 g/mol. The van der Waals surface area contributed by atoms with E-state index >= 15 is 0 Å². The summed E-state index contributed by atoms with van der Waals surface area (Å²) in [7, 11) is 0. The molecule has 90 valence electrons. The van der Waals surface area contributed by atoms with E-state index in [1.54, 1.807) is 23.1 Å². The number of nitrogens with two attached hydrogens (primary N) is 1. The topological polar surface area (TPSA) is 38.9 Å². The van der Waals surface area contributed by atoms with E-state index in [1.807, 2.05) is 12.3 Å². The van der Waals surface area contributed by atoms with Gasteiger partial charge < -0.3 is 5.73 Å². The lowest BCUT2D eigenvalue weighted by Crippen LogP contribution is -2.05. The fourth-order valence-electron chi connectivity index (χ4n) is 1.28. The molecular weight excluding hydrogens is 316 g/mol. The van der Waals surface area contributed by atoms with Crippen LogP contribution in [0.3, 0.4) is 0 Å². The summed E-state index contributed by atoms with van der Waals surface area (Å²) in [5.74, 6) is 0.902. The van der Waals surface area contributed by atoms with E-state index < -0.39 is 0 Å². The average Bonchev–Trinajstić information content (AvgIpc) is 2.77. The SMILES string of the molecule is CC(N)c1csc(CSc2ccc(Br)cc2)n1. The number of thioether (sulfide) groups is 1. The van der Waals surface area contributed by atoms with Gasteiger partial charge in [0.2, 0.25) is 0 Å². The summed E-state index contributed by atoms with van der Waals surface area (Å²) in [6.45, 7) is 1.96. The Morgan fingerprint density at radius 3 is 2.71 bits per heavy atom. The zero-order valence-corrected chi connectivity index (χ0v) is 12.6. The molecule has 5 heteroatoms. The third-order valence-electron chi connectivity index (χ3n) is 2.21. The van der Waals surface area contributed by atoms with Crippen LogP contribution in [0.1, 0.15) is 23.7 Å². The Balaban J connectivity index is 1.95. The van der Waals surface area contributed by atoms with Gasteiger partial charge in [0.15, 0.2) is 0 Å². The number of hydrogen-bond donors (Lipinski definition) is 1. The largest absolute Gasteiger partial charge is 0.323 e. The minimum atomic E-state index is 0.0256. The molecule has 0 saturated carbocycles. The number of halogens is 1. The van der Waals surface area contributed by atoms with Crippen molar-refractivity contribution in [1.29, 1.82) is 0 Å². The summed E-state index contributed by atoms with van der Waals surface area (Å²) in [5.41, 5.74) is 6.77. The van der Waals surface area contributed by atoms with Crippen LogP contribution in [0.4, 0.5) is 0 Å². The maximum atomic E-state index is 5.78. The van der Waals surface area contributed by atoms with Gasteiger partial charge in [-0.2, -0.15) is 0 Å². The number of aromatic nitrogens is 1. The smallest absolute Gasteiger partial charge is 0.103 e. The number of nitrogens with zero attached hydrogens (tertiary/aromatic N) is 1. The van der Waals surface area contributed by atoms with Crippen molar-refractivity contribution in [1.82, 2.24) is 4.98 Å². The predicted octanol–water partition coefficient (Wildman–Crippen LogP) is 4.22. The molecular formula is C12H13BrN2S2. The van der Waals surface area contributed by atoms with Crippen molar-refractivity contribution in [2.75, 3.05) is 0 Å². The van der Waals surface area contributed by atoms with Crippen LogP contribution in [0.5, 0.6) is 0 Å². The highest BCUT2D eigenvalue weighted by Gasteiger charge is 2.06. The number of hydrogen-bond acceptors (Lipinski definition) is 4. The van der Waals surface area contributed by atoms with Crippen LogP contribution in [0.15, 0.2) is 39.0 Å². The van der Waals surface area contributed by atoms with Gasteiger partial charge in [-0.25, -0.2) is 4.98 Å². The highest BCUT2D eigenvalue weighted by molar-refractivity contribution is 9.10. The van der Waals surface area contributed by atoms with E-state index in [9.17, 15) is 0 Å². The van der Waals surface area contributed by atoms with Gasteiger partial charge in [0, 0.05) is 20.8 Å². The molecule has 0 bridgehead atoms. The molecule has 0 aliphatic carbocycles. The summed E-state index contributed by atoms with van der Waals surface area (Å²) in [6.07, 6.45) is 0. The monoisotopic (exact) mass is 328 g/mol. The fourth-order valence-corrected chi connectivity index (χ4v) is 3.36. The minimum Gasteiger partial charge on any atom is -0.323 e. The van der Waals surface area contributed by atoms with E-state index in [2.05, 4.69) is 45.2 Å². The highest BCUT2D eigenvalue weighted by Crippen LogP contribution is 2.26. The van der Waals surface area contributed by atoms with Gasteiger partial charge in [0.05, 0.1) is 11.4 Å². The van der Waals surface area contributed by atoms with Crippen molar-refractivity contribution in [3.63, 3.8) is 0 Å². The Bertz CT molecular complexity index is 480. The van der Waals surface area contributed by atoms with Gasteiger partial charge in [-0.3, -0.25) is 0 Å². The quantitative estimate of drug-likeness (QED) is 0.854. The molecule has 2 N–H and O–H groups in total. The van der Waals surface area contributed by atoms with Crippen molar-refractivity contribution in [2.24, 2.45) is 5.73 Å². The van der Waals surface area contributed by atoms with E-state index in [1.165, 1.54) is 4.90 Å². The minimum absolute atomic E-state index is 0.0256. The normalized spacial score (nSPS) is 12.6. The van der Waals surface area contributed by atoms with E-state index in [0.29, 0.717) is 0 Å². The molecule has 2 aromatic rings. The summed E-state index contributed by atoms with van der Waals surface area (Å²) in [4.78, 5) is 5.76. The molecule has 0 amide bonds. The molecule has 0 aliphatic heterocycles. The van der Waals surface area contributed by atoms with E-state index in [0.717, 1.165) is 20.9 Å². The van der Waals surface area contributed by atoms with Crippen LogP contribution >= 0.6 is 39.0 Å². The first kappa shape index (κ1) is 13.1. The third kappa shape index (κ3) is 3.81. The Morgan fingerprint density at radius 2 is 2.12 bits per heavy atom. The second-order valence-corrected chi connectivity index (χ2v) is 6.60. The van der Waals surface area contributed by atoms with Gasteiger partial charge in [-0.05, 0) is 31.2 Å². The molecule has 0 aliphatic rings. The first-order valence-electron chi connectivity index (χ1n) is 5.23. The standard InChI is InChI=1S/C12H13BrN2S2/c1-8(14)11-6-17-12(15-11)7-16-10-4-2-9(13)3-5-10/h2-6,8H,7,14H2,1H3. The Kier molecular flexibility index (Phi) is 4.62. The molecule has 2 nitrogen and oxygen atoms in total. The van der Waals surface area contributed by atoms with Gasteiger partial charge in [0.1, 0.15) is 5.01 Å². The highest BCUT2D eigenvalue weighted by atomic mass is 79.9. The van der Waals surface area contributed by atoms with Crippen LogP contribution in [0, 0.1) is 0 Å². The number of rotatable bonds is 4. The lowest BCUT2D eigenvalue weighted by Gasteiger charge is -2.00. The van der Waals surface area contributed by atoms with Gasteiger partial charge in [0.25, 0.3) is 0 Å². The molecule has 17 heavy (non-hydrogen) atoms. The molecule has 0 radical (unpaired) electrons. The molecule has 1 aromatic carbocycles. The maximum absolute atomic E-state index is 5.78. The van der Waals surface area contributed by atoms with Crippen molar-refractivity contribution in [2.45, 2.75) is 23.6 Å². The molecule has 0 saturated heterocycles. The summed E-state index contributed by atoms with van der Waals surface area (Å²) in [6, 6.07) is 8.34. The molecule has 1 atom stereocenters. The maximum Gasteiger partial charge on any atom is 0.103 e. The van der Waals surface area contributed by atoms with Crippen molar-refractivity contribution in [3.8, 4) is 0 Å². The van der Waals surface area contributed by atoms with Crippen LogP contribution in [-0.2, 0) is 5.75 Å². The lowest BCUT2D eigenvalue weighted by molar-refractivity contribution is 0.785. The Hall–Kier alpha value is -0.360. The summed E-state index contributed by atoms with van der Waals surface area (Å²) >= 11 is 6.90. The summed E-state index contributed by atoms with van der Waals surface area (Å²) < 4.78 is 1.11. The second kappa shape index (κ2) is 6.00. The van der Waals surface area contributed by atoms with Gasteiger partial charge in [-0.15, -0.1) is 23.1 Å². The zero-order valence-electron chi connectivity index (χ0n) is 9.39. The number of thiazole rings is 1. The van der Waals surface area contributed by atoms with Crippen LogP contribution in [0.2, 0.25) is 0 Å². The molecule has 1 aromatic heterocycles. The van der Waals surface area contributed by atoms with E-state index in [-0.39, 0.29) is 6.04 Å².